The zero-order valence-corrected chi connectivity index (χ0v) is 15.4. The fourth-order valence-corrected chi connectivity index (χ4v) is 5.23. The van der Waals surface area contributed by atoms with Crippen molar-refractivity contribution < 1.29 is 19.1 Å². The van der Waals surface area contributed by atoms with Crippen LogP contribution in [0.2, 0.25) is 0 Å². The number of imide groups is 1. The molecule has 1 aliphatic heterocycles. The lowest BCUT2D eigenvalue weighted by Gasteiger charge is -2.19. The highest BCUT2D eigenvalue weighted by atomic mass is 16.5. The zero-order valence-electron chi connectivity index (χ0n) is 15.4. The number of ether oxygens (including phenoxy) is 1. The Morgan fingerprint density at radius 1 is 0.929 bits per heavy atom. The van der Waals surface area contributed by atoms with Gasteiger partial charge in [0.05, 0.1) is 17.5 Å². The molecule has 2 aliphatic carbocycles. The topological polar surface area (TPSA) is 63.7 Å². The number of amides is 2. The van der Waals surface area contributed by atoms with Crippen LogP contribution in [0.25, 0.3) is 0 Å². The van der Waals surface area contributed by atoms with Crippen LogP contribution in [0.4, 0.5) is 5.69 Å². The molecule has 5 rings (SSSR count). The molecule has 2 saturated carbocycles. The predicted molar refractivity (Wildman–Crippen MR) is 103 cm³/mol. The number of nitrogens with zero attached hydrogens (tertiary/aromatic N) is 1. The molecule has 0 aromatic heterocycles. The molecule has 5 nitrogen and oxygen atoms in total. The number of rotatable bonds is 5. The number of fused-ring (bicyclic) bond motifs is 5. The molecule has 28 heavy (non-hydrogen) atoms. The monoisotopic (exact) mass is 375 g/mol. The van der Waals surface area contributed by atoms with Crippen LogP contribution < -0.4 is 9.64 Å². The van der Waals surface area contributed by atoms with Crippen molar-refractivity contribution in [1.29, 1.82) is 0 Å². The maximum atomic E-state index is 13.0. The number of carbonyl (C=O) groups excluding carboxylic acids is 3. The molecule has 4 atom stereocenters. The third kappa shape index (κ3) is 2.65. The van der Waals surface area contributed by atoms with E-state index >= 15 is 0 Å². The molecule has 0 radical (unpaired) electrons. The summed E-state index contributed by atoms with van der Waals surface area (Å²) in [6.45, 7) is -0.0925. The van der Waals surface area contributed by atoms with Gasteiger partial charge in [0.15, 0.2) is 12.4 Å². The van der Waals surface area contributed by atoms with E-state index in [1.165, 1.54) is 4.90 Å². The Morgan fingerprint density at radius 3 is 2.29 bits per heavy atom. The Morgan fingerprint density at radius 2 is 1.61 bits per heavy atom. The van der Waals surface area contributed by atoms with E-state index in [9.17, 15) is 14.4 Å². The van der Waals surface area contributed by atoms with E-state index in [2.05, 4.69) is 0 Å². The molecule has 0 spiro atoms. The highest BCUT2D eigenvalue weighted by Crippen LogP contribution is 2.56. The minimum atomic E-state index is -0.143. The summed E-state index contributed by atoms with van der Waals surface area (Å²) in [5.41, 5.74) is 1.13. The normalized spacial score (nSPS) is 27.9. The summed E-state index contributed by atoms with van der Waals surface area (Å²) in [6.07, 6.45) is 3.14. The molecule has 2 aromatic rings. The molecule has 0 N–H and O–H groups in total. The number of hydrogen-bond acceptors (Lipinski definition) is 4. The molecule has 3 aliphatic rings. The maximum Gasteiger partial charge on any atom is 0.237 e. The third-order valence-corrected chi connectivity index (χ3v) is 6.47. The van der Waals surface area contributed by atoms with Crippen molar-refractivity contribution in [1.82, 2.24) is 0 Å². The molecule has 4 unspecified atom stereocenters. The second-order valence-corrected chi connectivity index (χ2v) is 7.97. The van der Waals surface area contributed by atoms with E-state index in [4.69, 9.17) is 4.74 Å². The molecular formula is C23H21NO4. The summed E-state index contributed by atoms with van der Waals surface area (Å²) in [5.74, 6) is 0.650. The van der Waals surface area contributed by atoms with Gasteiger partial charge in [-0.1, -0.05) is 36.4 Å². The molecule has 1 saturated heterocycles. The van der Waals surface area contributed by atoms with Crippen LogP contribution in [0.1, 0.15) is 29.6 Å². The standard InChI is InChI=1S/C23H21NO4/c25-19(14-5-2-1-3-6-14)13-28-18-8-4-7-17(12-18)24-22(26)20-15-9-10-16(11-15)21(20)23(24)27/h1-8,12,15-16,20-21H,9-11,13H2. The Bertz CT molecular complexity index is 926. The third-order valence-electron chi connectivity index (χ3n) is 6.47. The summed E-state index contributed by atoms with van der Waals surface area (Å²) in [6, 6.07) is 15.9. The molecule has 5 heteroatoms. The number of anilines is 1. The lowest BCUT2D eigenvalue weighted by molar-refractivity contribution is -0.123. The minimum absolute atomic E-state index is 0.0697. The number of hydrogen-bond donors (Lipinski definition) is 0. The van der Waals surface area contributed by atoms with Crippen LogP contribution in [0.3, 0.4) is 0 Å². The predicted octanol–water partition coefficient (Wildman–Crippen LogP) is 3.48. The van der Waals surface area contributed by atoms with E-state index in [-0.39, 0.29) is 36.0 Å². The maximum absolute atomic E-state index is 13.0. The van der Waals surface area contributed by atoms with Gasteiger partial charge >= 0.3 is 0 Å². The zero-order chi connectivity index (χ0) is 19.3. The van der Waals surface area contributed by atoms with Gasteiger partial charge in [0.25, 0.3) is 0 Å². The Hall–Kier alpha value is -2.95. The van der Waals surface area contributed by atoms with E-state index in [1.807, 2.05) is 18.2 Å². The molecule has 142 valence electrons. The van der Waals surface area contributed by atoms with Crippen molar-refractivity contribution in [3.8, 4) is 5.75 Å². The first-order valence-electron chi connectivity index (χ1n) is 9.82. The summed E-state index contributed by atoms with van der Waals surface area (Å²) in [5, 5.41) is 0. The number of benzene rings is 2. The van der Waals surface area contributed by atoms with Crippen molar-refractivity contribution in [2.24, 2.45) is 23.7 Å². The van der Waals surface area contributed by atoms with Gasteiger partial charge in [-0.3, -0.25) is 14.4 Å². The van der Waals surface area contributed by atoms with Crippen LogP contribution in [-0.4, -0.2) is 24.2 Å². The molecule has 1 heterocycles. The van der Waals surface area contributed by atoms with Gasteiger partial charge in [-0.05, 0) is 43.2 Å². The molecule has 2 amide bonds. The van der Waals surface area contributed by atoms with Gasteiger partial charge in [-0.2, -0.15) is 0 Å². The second-order valence-electron chi connectivity index (χ2n) is 7.97. The van der Waals surface area contributed by atoms with E-state index in [1.54, 1.807) is 36.4 Å². The Kier molecular flexibility index (Phi) is 4.04. The summed E-state index contributed by atoms with van der Waals surface area (Å²) in [7, 11) is 0. The van der Waals surface area contributed by atoms with Crippen LogP contribution in [0, 0.1) is 23.7 Å². The second kappa shape index (κ2) is 6.59. The fraction of sp³-hybridized carbons (Fsp3) is 0.348. The SMILES string of the molecule is O=C(COc1cccc(N2C(=O)C3C4CCC(C4)C3C2=O)c1)c1ccccc1. The molecular weight excluding hydrogens is 354 g/mol. The van der Waals surface area contributed by atoms with Gasteiger partial charge in [0, 0.05) is 11.6 Å². The smallest absolute Gasteiger partial charge is 0.237 e. The fourth-order valence-electron chi connectivity index (χ4n) is 5.23. The van der Waals surface area contributed by atoms with Gasteiger partial charge in [0.1, 0.15) is 5.75 Å². The van der Waals surface area contributed by atoms with Crippen molar-refractivity contribution in [2.75, 3.05) is 11.5 Å². The average Bonchev–Trinajstić information content (AvgIpc) is 3.41. The molecule has 2 bridgehead atoms. The number of carbonyl (C=O) groups is 3. The largest absolute Gasteiger partial charge is 0.485 e. The summed E-state index contributed by atoms with van der Waals surface area (Å²) < 4.78 is 5.64. The average molecular weight is 375 g/mol. The number of Topliss-reactive ketones (excluding diaryl/α,β-unsaturated/α-hetero) is 1. The quantitative estimate of drug-likeness (QED) is 0.593. The highest BCUT2D eigenvalue weighted by molar-refractivity contribution is 6.22. The Labute approximate surface area is 163 Å². The van der Waals surface area contributed by atoms with Crippen LogP contribution >= 0.6 is 0 Å². The first-order chi connectivity index (χ1) is 13.6. The highest BCUT2D eigenvalue weighted by Gasteiger charge is 2.61. The lowest BCUT2D eigenvalue weighted by Crippen LogP contribution is -2.32. The lowest BCUT2D eigenvalue weighted by atomic mass is 9.81. The van der Waals surface area contributed by atoms with Gasteiger partial charge < -0.3 is 4.74 Å². The van der Waals surface area contributed by atoms with Crippen molar-refractivity contribution in [3.63, 3.8) is 0 Å². The summed E-state index contributed by atoms with van der Waals surface area (Å²) in [4.78, 5) is 39.5. The van der Waals surface area contributed by atoms with Crippen molar-refractivity contribution >= 4 is 23.3 Å². The first kappa shape index (κ1) is 17.2. The van der Waals surface area contributed by atoms with E-state index in [0.717, 1.165) is 19.3 Å². The molecule has 2 aromatic carbocycles. The van der Waals surface area contributed by atoms with Gasteiger partial charge in [-0.15, -0.1) is 0 Å². The summed E-state index contributed by atoms with van der Waals surface area (Å²) >= 11 is 0. The van der Waals surface area contributed by atoms with E-state index < -0.39 is 0 Å². The van der Waals surface area contributed by atoms with Crippen molar-refractivity contribution in [2.45, 2.75) is 19.3 Å². The van der Waals surface area contributed by atoms with Crippen LogP contribution in [0.5, 0.6) is 5.75 Å². The number of ketones is 1. The van der Waals surface area contributed by atoms with Gasteiger partial charge in [-0.25, -0.2) is 4.90 Å². The minimum Gasteiger partial charge on any atom is -0.485 e. The first-order valence-corrected chi connectivity index (χ1v) is 9.82. The van der Waals surface area contributed by atoms with Crippen LogP contribution in [0.15, 0.2) is 54.6 Å². The van der Waals surface area contributed by atoms with Crippen molar-refractivity contribution in [3.05, 3.63) is 60.2 Å². The van der Waals surface area contributed by atoms with Gasteiger partial charge in [0.2, 0.25) is 11.8 Å². The van der Waals surface area contributed by atoms with E-state index in [0.29, 0.717) is 28.8 Å². The van der Waals surface area contributed by atoms with Crippen LogP contribution in [-0.2, 0) is 9.59 Å². The Balaban J connectivity index is 1.33. The molecule has 3 fully saturated rings.